The average Bonchev–Trinajstić information content (AvgIpc) is 2.69. The van der Waals surface area contributed by atoms with Crippen LogP contribution in [0.2, 0.25) is 0 Å². The number of hydrazine groups is 1. The second-order valence-electron chi connectivity index (χ2n) is 3.31. The van der Waals surface area contributed by atoms with Crippen molar-refractivity contribution < 1.29 is 9.59 Å². The van der Waals surface area contributed by atoms with Gasteiger partial charge in [-0.05, 0) is 23.8 Å². The van der Waals surface area contributed by atoms with Crippen molar-refractivity contribution in [3.8, 4) is 0 Å². The number of hydrogen-bond donors (Lipinski definition) is 3. The highest BCUT2D eigenvalue weighted by molar-refractivity contribution is 7.98. The minimum atomic E-state index is -0.773. The summed E-state index contributed by atoms with van der Waals surface area (Å²) in [5.41, 5.74) is 10.4. The normalized spacial score (nSPS) is 14.0. The van der Waals surface area contributed by atoms with Gasteiger partial charge in [0, 0.05) is 10.6 Å². The highest BCUT2D eigenvalue weighted by Gasteiger charge is 2.17. The number of fused-ring (bicyclic) bond motifs is 1. The molecule has 0 atom stereocenters. The number of rotatable bonds is 1. The van der Waals surface area contributed by atoms with Gasteiger partial charge in [0.25, 0.3) is 5.91 Å². The van der Waals surface area contributed by atoms with Crippen molar-refractivity contribution in [2.75, 3.05) is 5.75 Å². The molecule has 2 rings (SSSR count). The summed E-state index contributed by atoms with van der Waals surface area (Å²) >= 11 is 3.34. The van der Waals surface area contributed by atoms with Gasteiger partial charge < -0.3 is 5.73 Å². The molecule has 5 nitrogen and oxygen atoms in total. The zero-order valence-electron chi connectivity index (χ0n) is 8.41. The van der Waals surface area contributed by atoms with Gasteiger partial charge in [0.15, 0.2) is 0 Å². The first kappa shape index (κ1) is 11.3. The van der Waals surface area contributed by atoms with Crippen LogP contribution in [0.25, 0.3) is 0 Å². The lowest BCUT2D eigenvalue weighted by Gasteiger charge is -2.08. The van der Waals surface area contributed by atoms with Crippen molar-refractivity contribution in [3.63, 3.8) is 0 Å². The molecule has 1 aliphatic rings. The number of nitrogens with one attached hydrogen (secondary N) is 2. The van der Waals surface area contributed by atoms with Crippen molar-refractivity contribution in [2.45, 2.75) is 12.2 Å². The van der Waals surface area contributed by atoms with Crippen LogP contribution in [0.1, 0.15) is 20.1 Å². The third kappa shape index (κ3) is 2.48. The van der Waals surface area contributed by atoms with E-state index in [2.05, 4.69) is 10.9 Å². The molecule has 16 heavy (non-hydrogen) atoms. The molecule has 0 radical (unpaired) electrons. The Labute approximate surface area is 101 Å². The Bertz CT molecular complexity index is 407. The Morgan fingerprint density at radius 3 is 2.88 bits per heavy atom. The van der Waals surface area contributed by atoms with Crippen LogP contribution in [0.5, 0.6) is 0 Å². The van der Waals surface area contributed by atoms with Gasteiger partial charge in [-0.2, -0.15) is 11.8 Å². The quantitative estimate of drug-likeness (QED) is 0.652. The largest absolute Gasteiger partial charge is 0.350 e. The topological polar surface area (TPSA) is 84.2 Å². The number of thiophene rings is 1. The Morgan fingerprint density at radius 2 is 2.19 bits per heavy atom. The zero-order valence-corrected chi connectivity index (χ0v) is 10.0. The molecule has 1 aromatic rings. The van der Waals surface area contributed by atoms with Gasteiger partial charge in [-0.1, -0.05) is 0 Å². The first-order valence-electron chi connectivity index (χ1n) is 4.72. The van der Waals surface area contributed by atoms with E-state index in [1.807, 2.05) is 17.8 Å². The van der Waals surface area contributed by atoms with Crippen LogP contribution in [0, 0.1) is 0 Å². The van der Waals surface area contributed by atoms with Crippen molar-refractivity contribution in [1.82, 2.24) is 10.9 Å². The molecule has 3 amide bonds. The van der Waals surface area contributed by atoms with Crippen LogP contribution in [-0.4, -0.2) is 17.7 Å². The first-order chi connectivity index (χ1) is 7.66. The van der Waals surface area contributed by atoms with E-state index in [1.165, 1.54) is 21.8 Å². The van der Waals surface area contributed by atoms with Crippen molar-refractivity contribution in [2.24, 2.45) is 5.73 Å². The minimum absolute atomic E-state index is 0.316. The van der Waals surface area contributed by atoms with Crippen LogP contribution in [-0.2, 0) is 12.2 Å². The van der Waals surface area contributed by atoms with Gasteiger partial charge in [-0.25, -0.2) is 10.2 Å². The van der Waals surface area contributed by atoms with Crippen LogP contribution in [0.4, 0.5) is 4.79 Å². The minimum Gasteiger partial charge on any atom is -0.350 e. The number of thioether (sulfide) groups is 1. The van der Waals surface area contributed by atoms with E-state index in [9.17, 15) is 9.59 Å². The van der Waals surface area contributed by atoms with E-state index in [1.54, 1.807) is 0 Å². The number of hydrogen-bond acceptors (Lipinski definition) is 4. The van der Waals surface area contributed by atoms with Crippen LogP contribution in [0.15, 0.2) is 6.07 Å². The Balaban J connectivity index is 2.06. The molecule has 0 aliphatic carbocycles. The molecule has 4 N–H and O–H groups in total. The third-order valence-electron chi connectivity index (χ3n) is 2.15. The smallest absolute Gasteiger partial charge is 0.330 e. The predicted molar refractivity (Wildman–Crippen MR) is 64.4 cm³/mol. The monoisotopic (exact) mass is 257 g/mol. The highest BCUT2D eigenvalue weighted by atomic mass is 32.2. The standard InChI is InChI=1S/C9H11N3O2S2/c10-9(14)12-11-8(13)7-3-5-4-15-2-1-6(5)16-7/h3H,1-2,4H2,(H,11,13)(H3,10,12,14). The summed E-state index contributed by atoms with van der Waals surface area (Å²) in [6.07, 6.45) is 1.02. The van der Waals surface area contributed by atoms with Gasteiger partial charge in [0.1, 0.15) is 0 Å². The molecule has 0 unspecified atom stereocenters. The SMILES string of the molecule is NC(=O)NNC(=O)c1cc2c(s1)CCSC2. The molecule has 1 aromatic heterocycles. The maximum atomic E-state index is 11.6. The summed E-state index contributed by atoms with van der Waals surface area (Å²) in [6.45, 7) is 0. The molecule has 0 aromatic carbocycles. The summed E-state index contributed by atoms with van der Waals surface area (Å²) in [5.74, 6) is 1.75. The number of aryl methyl sites for hydroxylation is 1. The molecular weight excluding hydrogens is 246 g/mol. The van der Waals surface area contributed by atoms with Gasteiger partial charge in [0.05, 0.1) is 4.88 Å². The number of carbonyl (C=O) groups is 2. The number of primary amides is 1. The summed E-state index contributed by atoms with van der Waals surface area (Å²) in [7, 11) is 0. The van der Waals surface area contributed by atoms with Crippen molar-refractivity contribution in [1.29, 1.82) is 0 Å². The first-order valence-corrected chi connectivity index (χ1v) is 6.69. The van der Waals surface area contributed by atoms with E-state index in [-0.39, 0.29) is 5.91 Å². The Kier molecular flexibility index (Phi) is 3.35. The molecule has 0 saturated heterocycles. The van der Waals surface area contributed by atoms with Crippen LogP contribution >= 0.6 is 23.1 Å². The third-order valence-corrected chi connectivity index (χ3v) is 4.39. The molecule has 0 fully saturated rings. The average molecular weight is 257 g/mol. The predicted octanol–water partition coefficient (Wildman–Crippen LogP) is 0.851. The molecule has 2 heterocycles. The highest BCUT2D eigenvalue weighted by Crippen LogP contribution is 2.31. The molecule has 86 valence electrons. The lowest BCUT2D eigenvalue weighted by Crippen LogP contribution is -2.44. The van der Waals surface area contributed by atoms with Gasteiger partial charge >= 0.3 is 6.03 Å². The Morgan fingerprint density at radius 1 is 1.38 bits per heavy atom. The number of nitrogens with two attached hydrogens (primary N) is 1. The second kappa shape index (κ2) is 4.75. The maximum Gasteiger partial charge on any atom is 0.330 e. The summed E-state index contributed by atoms with van der Waals surface area (Å²) < 4.78 is 0. The maximum absolute atomic E-state index is 11.6. The van der Waals surface area contributed by atoms with E-state index >= 15 is 0 Å². The molecule has 7 heteroatoms. The van der Waals surface area contributed by atoms with E-state index in [0.717, 1.165) is 17.9 Å². The lowest BCUT2D eigenvalue weighted by atomic mass is 10.2. The molecule has 1 aliphatic heterocycles. The van der Waals surface area contributed by atoms with Gasteiger partial charge in [0.2, 0.25) is 0 Å². The fourth-order valence-electron chi connectivity index (χ4n) is 1.44. The fraction of sp³-hybridized carbons (Fsp3) is 0.333. The van der Waals surface area contributed by atoms with Gasteiger partial charge in [-0.15, -0.1) is 11.3 Å². The van der Waals surface area contributed by atoms with E-state index in [0.29, 0.717) is 4.88 Å². The van der Waals surface area contributed by atoms with Gasteiger partial charge in [-0.3, -0.25) is 10.2 Å². The van der Waals surface area contributed by atoms with Crippen LogP contribution < -0.4 is 16.6 Å². The molecular formula is C9H11N3O2S2. The zero-order chi connectivity index (χ0) is 11.5. The molecule has 0 spiro atoms. The number of amides is 3. The fourth-order valence-corrected chi connectivity index (χ4v) is 3.71. The Hall–Kier alpha value is -1.21. The second-order valence-corrected chi connectivity index (χ2v) is 5.55. The summed E-state index contributed by atoms with van der Waals surface area (Å²) in [5, 5.41) is 0. The van der Waals surface area contributed by atoms with Crippen LogP contribution in [0.3, 0.4) is 0 Å². The summed E-state index contributed by atoms with van der Waals surface area (Å²) in [6, 6.07) is 1.11. The van der Waals surface area contributed by atoms with Crippen molar-refractivity contribution in [3.05, 3.63) is 21.4 Å². The van der Waals surface area contributed by atoms with E-state index < -0.39 is 6.03 Å². The molecule has 0 bridgehead atoms. The number of urea groups is 1. The lowest BCUT2D eigenvalue weighted by molar-refractivity contribution is 0.0941. The molecule has 0 saturated carbocycles. The number of carbonyl (C=O) groups excluding carboxylic acids is 2. The van der Waals surface area contributed by atoms with E-state index in [4.69, 9.17) is 5.73 Å². The summed E-state index contributed by atoms with van der Waals surface area (Å²) in [4.78, 5) is 23.9. The van der Waals surface area contributed by atoms with Crippen molar-refractivity contribution >= 4 is 35.0 Å².